The molecular formula is C18H22ClNO. The van der Waals surface area contributed by atoms with E-state index in [2.05, 4.69) is 32.0 Å². The molecule has 0 saturated heterocycles. The van der Waals surface area contributed by atoms with Crippen molar-refractivity contribution in [2.24, 2.45) is 5.73 Å². The van der Waals surface area contributed by atoms with Crippen LogP contribution < -0.4 is 10.5 Å². The van der Waals surface area contributed by atoms with Gasteiger partial charge in [0.25, 0.3) is 0 Å². The molecule has 2 nitrogen and oxygen atoms in total. The Labute approximate surface area is 131 Å². The number of halogens is 1. The van der Waals surface area contributed by atoms with E-state index >= 15 is 0 Å². The Hall–Kier alpha value is -1.51. The molecule has 1 atom stereocenters. The van der Waals surface area contributed by atoms with E-state index in [-0.39, 0.29) is 6.04 Å². The van der Waals surface area contributed by atoms with Crippen molar-refractivity contribution in [3.8, 4) is 5.75 Å². The van der Waals surface area contributed by atoms with E-state index in [1.54, 1.807) is 13.2 Å². The van der Waals surface area contributed by atoms with Gasteiger partial charge in [-0.3, -0.25) is 0 Å². The van der Waals surface area contributed by atoms with Crippen molar-refractivity contribution >= 4 is 11.6 Å². The van der Waals surface area contributed by atoms with Gasteiger partial charge in [0.1, 0.15) is 5.75 Å². The molecule has 2 aromatic rings. The second-order valence-corrected chi connectivity index (χ2v) is 5.54. The minimum Gasteiger partial charge on any atom is -0.496 e. The molecule has 0 bridgehead atoms. The molecule has 2 N–H and O–H groups in total. The Morgan fingerprint density at radius 3 is 2.38 bits per heavy atom. The molecule has 2 rings (SSSR count). The van der Waals surface area contributed by atoms with E-state index in [9.17, 15) is 0 Å². The molecule has 0 aliphatic carbocycles. The number of rotatable bonds is 5. The maximum Gasteiger partial charge on any atom is 0.125 e. The summed E-state index contributed by atoms with van der Waals surface area (Å²) in [5.74, 6) is 0.729. The van der Waals surface area contributed by atoms with Gasteiger partial charge in [0.15, 0.2) is 0 Å². The van der Waals surface area contributed by atoms with E-state index in [4.69, 9.17) is 22.1 Å². The predicted molar refractivity (Wildman–Crippen MR) is 89.2 cm³/mol. The molecule has 3 heteroatoms. The molecule has 0 radical (unpaired) electrons. The average Bonchev–Trinajstić information content (AvgIpc) is 2.53. The summed E-state index contributed by atoms with van der Waals surface area (Å²) in [6, 6.07) is 11.9. The van der Waals surface area contributed by atoms with Crippen LogP contribution in [0.5, 0.6) is 5.75 Å². The molecule has 2 aromatic carbocycles. The number of hydrogen-bond donors (Lipinski definition) is 1. The highest BCUT2D eigenvalue weighted by Crippen LogP contribution is 2.31. The first-order chi connectivity index (χ1) is 10.1. The first-order valence-electron chi connectivity index (χ1n) is 7.31. The summed E-state index contributed by atoms with van der Waals surface area (Å²) in [6.07, 6.45) is 2.06. The lowest BCUT2D eigenvalue weighted by Gasteiger charge is -2.18. The fraction of sp³-hybridized carbons (Fsp3) is 0.333. The maximum absolute atomic E-state index is 6.43. The Balaban J connectivity index is 2.42. The Bertz CT molecular complexity index is 625. The van der Waals surface area contributed by atoms with Crippen LogP contribution in [0.3, 0.4) is 0 Å². The Kier molecular flexibility index (Phi) is 5.27. The minimum absolute atomic E-state index is 0.214. The molecule has 0 aliphatic heterocycles. The highest BCUT2D eigenvalue weighted by atomic mass is 35.5. The molecule has 0 heterocycles. The molecular weight excluding hydrogens is 282 g/mol. The fourth-order valence-electron chi connectivity index (χ4n) is 2.63. The van der Waals surface area contributed by atoms with E-state index in [1.807, 2.05) is 12.1 Å². The topological polar surface area (TPSA) is 35.2 Å². The Morgan fingerprint density at radius 1 is 1.05 bits per heavy atom. The van der Waals surface area contributed by atoms with Crippen LogP contribution in [0.1, 0.15) is 42.1 Å². The normalized spacial score (nSPS) is 12.2. The highest BCUT2D eigenvalue weighted by Gasteiger charge is 2.15. The van der Waals surface area contributed by atoms with Gasteiger partial charge >= 0.3 is 0 Å². The number of hydrogen-bond acceptors (Lipinski definition) is 2. The lowest BCUT2D eigenvalue weighted by Crippen LogP contribution is -2.13. The molecule has 1 unspecified atom stereocenters. The lowest BCUT2D eigenvalue weighted by molar-refractivity contribution is 0.408. The van der Waals surface area contributed by atoms with E-state index in [0.717, 1.165) is 29.7 Å². The third-order valence-corrected chi connectivity index (χ3v) is 4.12. The monoisotopic (exact) mass is 303 g/mol. The summed E-state index contributed by atoms with van der Waals surface area (Å²) in [5, 5.41) is 0.651. The molecule has 0 aliphatic rings. The second-order valence-electron chi connectivity index (χ2n) is 5.10. The summed E-state index contributed by atoms with van der Waals surface area (Å²) in [7, 11) is 1.64. The standard InChI is InChI=1S/C18H22ClNO/c1-4-12-6-7-14(10-13(12)5-2)18(20)16-9-8-15(19)11-17(16)21-3/h6-11,18H,4-5,20H2,1-3H3. The van der Waals surface area contributed by atoms with Gasteiger partial charge in [-0.05, 0) is 41.7 Å². The van der Waals surface area contributed by atoms with E-state index in [1.165, 1.54) is 11.1 Å². The third kappa shape index (κ3) is 3.39. The van der Waals surface area contributed by atoms with Gasteiger partial charge in [0.2, 0.25) is 0 Å². The highest BCUT2D eigenvalue weighted by molar-refractivity contribution is 6.30. The van der Waals surface area contributed by atoms with Crippen LogP contribution in [-0.2, 0) is 12.8 Å². The molecule has 0 spiro atoms. The fourth-order valence-corrected chi connectivity index (χ4v) is 2.80. The van der Waals surface area contributed by atoms with Crippen molar-refractivity contribution in [3.63, 3.8) is 0 Å². The second kappa shape index (κ2) is 6.97. The zero-order valence-electron chi connectivity index (χ0n) is 12.8. The number of nitrogens with two attached hydrogens (primary N) is 1. The molecule has 0 aromatic heterocycles. The SMILES string of the molecule is CCc1ccc(C(N)c2ccc(Cl)cc2OC)cc1CC. The Morgan fingerprint density at radius 2 is 1.76 bits per heavy atom. The van der Waals surface area contributed by atoms with Crippen molar-refractivity contribution in [1.29, 1.82) is 0 Å². The predicted octanol–water partition coefficient (Wildman–Crippen LogP) is 4.52. The summed E-state index contributed by atoms with van der Waals surface area (Å²) < 4.78 is 5.41. The van der Waals surface area contributed by atoms with Gasteiger partial charge in [-0.2, -0.15) is 0 Å². The van der Waals surface area contributed by atoms with Gasteiger partial charge in [0.05, 0.1) is 13.2 Å². The van der Waals surface area contributed by atoms with Crippen LogP contribution in [0.4, 0.5) is 0 Å². The van der Waals surface area contributed by atoms with Gasteiger partial charge in [-0.1, -0.05) is 49.7 Å². The summed E-state index contributed by atoms with van der Waals surface area (Å²) >= 11 is 6.01. The first kappa shape index (κ1) is 15.9. The zero-order chi connectivity index (χ0) is 15.4. The first-order valence-corrected chi connectivity index (χ1v) is 7.69. The summed E-state index contributed by atoms with van der Waals surface area (Å²) in [6.45, 7) is 4.35. The van der Waals surface area contributed by atoms with Crippen LogP contribution in [0, 0.1) is 0 Å². The molecule has 0 fully saturated rings. The third-order valence-electron chi connectivity index (χ3n) is 3.88. The van der Waals surface area contributed by atoms with Crippen molar-refractivity contribution in [3.05, 3.63) is 63.7 Å². The average molecular weight is 304 g/mol. The molecule has 112 valence electrons. The van der Waals surface area contributed by atoms with Crippen LogP contribution in [0.15, 0.2) is 36.4 Å². The van der Waals surface area contributed by atoms with Crippen molar-refractivity contribution < 1.29 is 4.74 Å². The molecule has 0 amide bonds. The summed E-state index contributed by atoms with van der Waals surface area (Å²) in [4.78, 5) is 0. The van der Waals surface area contributed by atoms with Gasteiger partial charge in [-0.15, -0.1) is 0 Å². The minimum atomic E-state index is -0.214. The molecule has 0 saturated carbocycles. The van der Waals surface area contributed by atoms with Gasteiger partial charge in [0, 0.05) is 10.6 Å². The van der Waals surface area contributed by atoms with Crippen molar-refractivity contribution in [2.75, 3.05) is 7.11 Å². The van der Waals surface area contributed by atoms with Crippen molar-refractivity contribution in [1.82, 2.24) is 0 Å². The van der Waals surface area contributed by atoms with Gasteiger partial charge in [-0.25, -0.2) is 0 Å². The molecule has 21 heavy (non-hydrogen) atoms. The number of methoxy groups -OCH3 is 1. The zero-order valence-corrected chi connectivity index (χ0v) is 13.6. The number of ether oxygens (including phenoxy) is 1. The van der Waals surface area contributed by atoms with E-state index in [0.29, 0.717) is 5.02 Å². The van der Waals surface area contributed by atoms with E-state index < -0.39 is 0 Å². The van der Waals surface area contributed by atoms with Crippen LogP contribution in [0.25, 0.3) is 0 Å². The quantitative estimate of drug-likeness (QED) is 0.881. The summed E-state index contributed by atoms with van der Waals surface area (Å²) in [5.41, 5.74) is 11.2. The number of benzene rings is 2. The van der Waals surface area contributed by atoms with Crippen LogP contribution in [0.2, 0.25) is 5.02 Å². The lowest BCUT2D eigenvalue weighted by atomic mass is 9.93. The van der Waals surface area contributed by atoms with Crippen LogP contribution >= 0.6 is 11.6 Å². The maximum atomic E-state index is 6.43. The van der Waals surface area contributed by atoms with Crippen LogP contribution in [-0.4, -0.2) is 7.11 Å². The smallest absolute Gasteiger partial charge is 0.125 e. The van der Waals surface area contributed by atoms with Crippen molar-refractivity contribution in [2.45, 2.75) is 32.7 Å². The largest absolute Gasteiger partial charge is 0.496 e. The number of aryl methyl sites for hydroxylation is 2. The van der Waals surface area contributed by atoms with Gasteiger partial charge < -0.3 is 10.5 Å².